The molecule has 5 heteroatoms. The van der Waals surface area contributed by atoms with E-state index in [0.717, 1.165) is 0 Å². The van der Waals surface area contributed by atoms with Gasteiger partial charge in [-0.2, -0.15) is 5.10 Å². The van der Waals surface area contributed by atoms with Gasteiger partial charge in [0.1, 0.15) is 5.82 Å². The molecule has 0 aliphatic heterocycles. The fourth-order valence-electron chi connectivity index (χ4n) is 0.728. The summed E-state index contributed by atoms with van der Waals surface area (Å²) in [6, 6.07) is 0. The first-order valence-electron chi connectivity index (χ1n) is 3.11. The van der Waals surface area contributed by atoms with Crippen LogP contribution >= 0.6 is 0 Å². The Kier molecular flexibility index (Phi) is 1.72. The van der Waals surface area contributed by atoms with Crippen LogP contribution in [0, 0.1) is 0 Å². The zero-order valence-corrected chi connectivity index (χ0v) is 6.12. The quantitative estimate of drug-likeness (QED) is 0.534. The van der Waals surface area contributed by atoms with Crippen molar-refractivity contribution < 1.29 is 0 Å². The van der Waals surface area contributed by atoms with Crippen molar-refractivity contribution in [2.75, 3.05) is 11.5 Å². The lowest BCUT2D eigenvalue weighted by molar-refractivity contribution is 0.684. The molecule has 1 aromatic heterocycles. The van der Waals surface area contributed by atoms with E-state index < -0.39 is 0 Å². The van der Waals surface area contributed by atoms with Crippen LogP contribution in [0.1, 0.15) is 0 Å². The third-order valence-electron chi connectivity index (χ3n) is 1.26. The predicted octanol–water partition coefficient (Wildman–Crippen LogP) is -0.480. The van der Waals surface area contributed by atoms with Crippen molar-refractivity contribution in [1.29, 1.82) is 0 Å². The maximum absolute atomic E-state index is 5.53. The zero-order valence-electron chi connectivity index (χ0n) is 6.12. The number of hydrogen-bond donors (Lipinski definition) is 3. The molecule has 0 saturated heterocycles. The van der Waals surface area contributed by atoms with Crippen LogP contribution in [0.25, 0.3) is 0 Å². The molecule has 0 saturated carbocycles. The standard InChI is InChI=1S/C6H11N5/c1-4(7)3-11-6(9)5(8)2-10-11/h2H,1,3,7-9H2. The van der Waals surface area contributed by atoms with Crippen LogP contribution in [0.15, 0.2) is 18.5 Å². The molecule has 5 nitrogen and oxygen atoms in total. The number of nitrogens with zero attached hydrogens (tertiary/aromatic N) is 2. The van der Waals surface area contributed by atoms with Crippen LogP contribution in [0.4, 0.5) is 11.5 Å². The fourth-order valence-corrected chi connectivity index (χ4v) is 0.728. The van der Waals surface area contributed by atoms with Crippen molar-refractivity contribution in [1.82, 2.24) is 9.78 Å². The Morgan fingerprint density at radius 3 is 2.64 bits per heavy atom. The summed E-state index contributed by atoms with van der Waals surface area (Å²) < 4.78 is 1.50. The number of aromatic nitrogens is 2. The van der Waals surface area contributed by atoms with Crippen molar-refractivity contribution in [3.63, 3.8) is 0 Å². The van der Waals surface area contributed by atoms with Gasteiger partial charge in [-0.05, 0) is 0 Å². The van der Waals surface area contributed by atoms with Gasteiger partial charge in [0.2, 0.25) is 0 Å². The van der Waals surface area contributed by atoms with Crippen LogP contribution in [-0.2, 0) is 6.54 Å². The number of anilines is 2. The number of allylic oxidation sites excluding steroid dienone is 1. The first-order chi connectivity index (χ1) is 5.11. The molecule has 11 heavy (non-hydrogen) atoms. The highest BCUT2D eigenvalue weighted by atomic mass is 15.3. The van der Waals surface area contributed by atoms with Crippen LogP contribution in [-0.4, -0.2) is 9.78 Å². The average molecular weight is 153 g/mol. The monoisotopic (exact) mass is 153 g/mol. The largest absolute Gasteiger partial charge is 0.401 e. The van der Waals surface area contributed by atoms with E-state index in [-0.39, 0.29) is 0 Å². The minimum absolute atomic E-state index is 0.406. The number of rotatable bonds is 2. The predicted molar refractivity (Wildman–Crippen MR) is 44.4 cm³/mol. The van der Waals surface area contributed by atoms with Gasteiger partial charge in [-0.3, -0.25) is 0 Å². The molecule has 0 aliphatic rings. The van der Waals surface area contributed by atoms with E-state index in [1.165, 1.54) is 10.9 Å². The topological polar surface area (TPSA) is 95.9 Å². The smallest absolute Gasteiger partial charge is 0.145 e. The van der Waals surface area contributed by atoms with Gasteiger partial charge >= 0.3 is 0 Å². The van der Waals surface area contributed by atoms with Crippen LogP contribution in [0.3, 0.4) is 0 Å². The van der Waals surface area contributed by atoms with Crippen molar-refractivity contribution >= 4 is 11.5 Å². The van der Waals surface area contributed by atoms with Gasteiger partial charge in [-0.15, -0.1) is 0 Å². The van der Waals surface area contributed by atoms with Gasteiger partial charge in [0.25, 0.3) is 0 Å². The van der Waals surface area contributed by atoms with E-state index in [1.54, 1.807) is 0 Å². The van der Waals surface area contributed by atoms with Crippen LogP contribution in [0.2, 0.25) is 0 Å². The Hall–Kier alpha value is -1.65. The minimum atomic E-state index is 0.406. The maximum Gasteiger partial charge on any atom is 0.145 e. The second-order valence-corrected chi connectivity index (χ2v) is 2.30. The summed E-state index contributed by atoms with van der Waals surface area (Å²) in [6.07, 6.45) is 1.48. The highest BCUT2D eigenvalue weighted by Crippen LogP contribution is 2.12. The molecule has 60 valence electrons. The van der Waals surface area contributed by atoms with Crippen LogP contribution in [0.5, 0.6) is 0 Å². The first kappa shape index (κ1) is 7.46. The summed E-state index contributed by atoms with van der Waals surface area (Å²) >= 11 is 0. The molecule has 0 radical (unpaired) electrons. The Balaban J connectivity index is 2.87. The molecule has 0 aliphatic carbocycles. The van der Waals surface area contributed by atoms with Gasteiger partial charge in [-0.1, -0.05) is 6.58 Å². The van der Waals surface area contributed by atoms with Gasteiger partial charge in [0.15, 0.2) is 0 Å². The van der Waals surface area contributed by atoms with E-state index in [1.807, 2.05) is 0 Å². The Bertz CT molecular complexity index is 275. The van der Waals surface area contributed by atoms with E-state index in [0.29, 0.717) is 23.7 Å². The highest BCUT2D eigenvalue weighted by molar-refractivity contribution is 5.57. The molecule has 0 atom stereocenters. The SMILES string of the molecule is C=C(N)Cn1ncc(N)c1N. The number of nitrogens with two attached hydrogens (primary N) is 3. The van der Waals surface area contributed by atoms with Crippen molar-refractivity contribution in [3.8, 4) is 0 Å². The molecule has 0 fully saturated rings. The maximum atomic E-state index is 5.53. The second-order valence-electron chi connectivity index (χ2n) is 2.30. The van der Waals surface area contributed by atoms with Crippen molar-refractivity contribution in [2.45, 2.75) is 6.54 Å². The van der Waals surface area contributed by atoms with Gasteiger partial charge in [0.05, 0.1) is 18.4 Å². The lowest BCUT2D eigenvalue weighted by Crippen LogP contribution is -2.11. The molecule has 0 spiro atoms. The molecule has 6 N–H and O–H groups in total. The van der Waals surface area contributed by atoms with Crippen LogP contribution < -0.4 is 17.2 Å². The summed E-state index contributed by atoms with van der Waals surface area (Å²) in [5, 5.41) is 3.88. The van der Waals surface area contributed by atoms with E-state index in [9.17, 15) is 0 Å². The molecule has 0 unspecified atom stereocenters. The highest BCUT2D eigenvalue weighted by Gasteiger charge is 2.02. The summed E-state index contributed by atoms with van der Waals surface area (Å²) in [5.74, 6) is 0.427. The minimum Gasteiger partial charge on any atom is -0.401 e. The Morgan fingerprint density at radius 2 is 2.27 bits per heavy atom. The Morgan fingerprint density at radius 1 is 1.64 bits per heavy atom. The van der Waals surface area contributed by atoms with Gasteiger partial charge in [-0.25, -0.2) is 4.68 Å². The molecule has 1 rings (SSSR count). The molecule has 0 aromatic carbocycles. The zero-order chi connectivity index (χ0) is 8.43. The van der Waals surface area contributed by atoms with Gasteiger partial charge in [0, 0.05) is 5.70 Å². The Labute approximate surface area is 64.5 Å². The fraction of sp³-hybridized carbons (Fsp3) is 0.167. The molecular formula is C6H11N5. The van der Waals surface area contributed by atoms with Gasteiger partial charge < -0.3 is 17.2 Å². The summed E-state index contributed by atoms with van der Waals surface area (Å²) in [4.78, 5) is 0. The van der Waals surface area contributed by atoms with Crippen molar-refractivity contribution in [2.24, 2.45) is 5.73 Å². The molecule has 1 heterocycles. The van der Waals surface area contributed by atoms with E-state index in [2.05, 4.69) is 11.7 Å². The summed E-state index contributed by atoms with van der Waals surface area (Å²) in [6.45, 7) is 3.93. The summed E-state index contributed by atoms with van der Waals surface area (Å²) in [7, 11) is 0. The first-order valence-corrected chi connectivity index (χ1v) is 3.11. The third-order valence-corrected chi connectivity index (χ3v) is 1.26. The number of hydrogen-bond acceptors (Lipinski definition) is 4. The normalized spacial score (nSPS) is 9.82. The molecular weight excluding hydrogens is 142 g/mol. The van der Waals surface area contributed by atoms with E-state index in [4.69, 9.17) is 17.2 Å². The summed E-state index contributed by atoms with van der Waals surface area (Å²) in [5.41, 5.74) is 17.3. The number of nitrogen functional groups attached to an aromatic ring is 2. The lowest BCUT2D eigenvalue weighted by Gasteiger charge is -2.02. The third kappa shape index (κ3) is 1.43. The van der Waals surface area contributed by atoms with Crippen molar-refractivity contribution in [3.05, 3.63) is 18.5 Å². The lowest BCUT2D eigenvalue weighted by atomic mass is 10.5. The van der Waals surface area contributed by atoms with E-state index >= 15 is 0 Å². The average Bonchev–Trinajstić information content (AvgIpc) is 2.18. The molecule has 1 aromatic rings. The molecule has 0 bridgehead atoms. The molecule has 0 amide bonds. The second kappa shape index (κ2) is 2.53.